The van der Waals surface area contributed by atoms with Crippen LogP contribution in [-0.2, 0) is 22.4 Å². The molecule has 2 atom stereocenters. The number of carboxylic acid groups (broad SMARTS) is 1. The van der Waals surface area contributed by atoms with Crippen molar-refractivity contribution in [3.8, 4) is 11.1 Å². The third kappa shape index (κ3) is 4.35. The maximum atomic E-state index is 12.7. The molecule has 0 aliphatic heterocycles. The summed E-state index contributed by atoms with van der Waals surface area (Å²) in [7, 11) is 0. The van der Waals surface area contributed by atoms with Crippen molar-refractivity contribution in [3.05, 3.63) is 77.1 Å². The van der Waals surface area contributed by atoms with Gasteiger partial charge in [-0.1, -0.05) is 62.4 Å². The number of ether oxygens (including phenoxy) is 1. The lowest BCUT2D eigenvalue weighted by atomic mass is 9.98. The van der Waals surface area contributed by atoms with E-state index in [1.165, 1.54) is 0 Å². The zero-order chi connectivity index (χ0) is 23.5. The molecule has 2 unspecified atom stereocenters. The third-order valence-corrected chi connectivity index (χ3v) is 6.34. The van der Waals surface area contributed by atoms with Gasteiger partial charge in [-0.15, -0.1) is 0 Å². The van der Waals surface area contributed by atoms with E-state index in [1.807, 2.05) is 56.3 Å². The lowest BCUT2D eigenvalue weighted by Crippen LogP contribution is -2.46. The predicted molar refractivity (Wildman–Crippen MR) is 125 cm³/mol. The average molecular weight is 448 g/mol. The van der Waals surface area contributed by atoms with Crippen LogP contribution in [0.5, 0.6) is 0 Å². The van der Waals surface area contributed by atoms with Gasteiger partial charge < -0.3 is 15.2 Å². The van der Waals surface area contributed by atoms with Gasteiger partial charge in [0.25, 0.3) is 0 Å². The van der Waals surface area contributed by atoms with Crippen molar-refractivity contribution in [2.45, 2.75) is 51.6 Å². The number of nitrogens with zero attached hydrogens (tertiary/aromatic N) is 2. The summed E-state index contributed by atoms with van der Waals surface area (Å²) in [6.07, 6.45) is 0.718. The molecular weight excluding hydrogens is 418 g/mol. The highest BCUT2D eigenvalue weighted by Crippen LogP contribution is 2.44. The molecule has 4 rings (SSSR count). The highest BCUT2D eigenvalue weighted by Gasteiger charge is 2.32. The number of hydrogen-bond donors (Lipinski definition) is 2. The van der Waals surface area contributed by atoms with Gasteiger partial charge in [-0.25, -0.2) is 9.59 Å². The number of hydrogen-bond acceptors (Lipinski definition) is 4. The van der Waals surface area contributed by atoms with Gasteiger partial charge in [-0.05, 0) is 48.1 Å². The highest BCUT2D eigenvalue weighted by atomic mass is 16.5. The highest BCUT2D eigenvalue weighted by molar-refractivity contribution is 5.81. The molecule has 1 amide bonds. The molecule has 0 bridgehead atoms. The second kappa shape index (κ2) is 9.48. The summed E-state index contributed by atoms with van der Waals surface area (Å²) in [6.45, 7) is 5.87. The predicted octanol–water partition coefficient (Wildman–Crippen LogP) is 4.56. The Labute approximate surface area is 193 Å². The van der Waals surface area contributed by atoms with Crippen LogP contribution in [0.1, 0.15) is 55.2 Å². The van der Waals surface area contributed by atoms with E-state index in [9.17, 15) is 14.7 Å². The average Bonchev–Trinajstić information content (AvgIpc) is 3.40. The molecule has 0 spiro atoms. The smallest absolute Gasteiger partial charge is 0.407 e. The molecule has 0 fully saturated rings. The van der Waals surface area contributed by atoms with Crippen LogP contribution in [0.15, 0.2) is 54.6 Å². The van der Waals surface area contributed by atoms with Crippen LogP contribution in [0.25, 0.3) is 11.1 Å². The monoisotopic (exact) mass is 447 g/mol. The number of carboxylic acids is 1. The number of aryl methyl sites for hydroxylation is 2. The van der Waals surface area contributed by atoms with Crippen LogP contribution in [0, 0.1) is 0 Å². The summed E-state index contributed by atoms with van der Waals surface area (Å²) >= 11 is 0. The number of amides is 1. The number of alkyl carbamates (subject to hydrolysis) is 1. The normalized spacial score (nSPS) is 14.3. The van der Waals surface area contributed by atoms with E-state index < -0.39 is 24.1 Å². The maximum absolute atomic E-state index is 12.7. The Hall–Kier alpha value is -3.61. The SMILES string of the molecule is CCc1cc(CC)n(C(C)C(NC(=O)OCC2c3ccccc3-c3ccccc32)C(=O)O)n1. The van der Waals surface area contributed by atoms with Gasteiger partial charge >= 0.3 is 12.1 Å². The first-order chi connectivity index (χ1) is 15.9. The fourth-order valence-corrected chi connectivity index (χ4v) is 4.58. The minimum Gasteiger partial charge on any atom is -0.480 e. The van der Waals surface area contributed by atoms with Gasteiger partial charge in [0.2, 0.25) is 0 Å². The van der Waals surface area contributed by atoms with Crippen LogP contribution >= 0.6 is 0 Å². The Balaban J connectivity index is 1.48. The Morgan fingerprint density at radius 2 is 1.67 bits per heavy atom. The molecule has 0 saturated heterocycles. The van der Waals surface area contributed by atoms with Crippen LogP contribution < -0.4 is 5.32 Å². The Morgan fingerprint density at radius 1 is 1.06 bits per heavy atom. The summed E-state index contributed by atoms with van der Waals surface area (Å²) in [5, 5.41) is 16.9. The fourth-order valence-electron chi connectivity index (χ4n) is 4.58. The van der Waals surface area contributed by atoms with Gasteiger partial charge in [0.05, 0.1) is 11.7 Å². The third-order valence-electron chi connectivity index (χ3n) is 6.34. The van der Waals surface area contributed by atoms with Crippen molar-refractivity contribution in [1.29, 1.82) is 0 Å². The van der Waals surface area contributed by atoms with Crippen LogP contribution in [0.4, 0.5) is 4.79 Å². The van der Waals surface area contributed by atoms with Crippen molar-refractivity contribution in [3.63, 3.8) is 0 Å². The molecule has 33 heavy (non-hydrogen) atoms. The number of nitrogens with one attached hydrogen (secondary N) is 1. The Morgan fingerprint density at radius 3 is 2.21 bits per heavy atom. The topological polar surface area (TPSA) is 93.5 Å². The quantitative estimate of drug-likeness (QED) is 0.528. The molecule has 172 valence electrons. The number of fused-ring (bicyclic) bond motifs is 3. The van der Waals surface area contributed by atoms with E-state index in [0.717, 1.165) is 40.1 Å². The molecule has 1 aliphatic carbocycles. The number of aromatic nitrogens is 2. The summed E-state index contributed by atoms with van der Waals surface area (Å²) in [6, 6.07) is 16.4. The van der Waals surface area contributed by atoms with Crippen LogP contribution in [0.3, 0.4) is 0 Å². The molecule has 7 nitrogen and oxygen atoms in total. The summed E-state index contributed by atoms with van der Waals surface area (Å²) in [5.41, 5.74) is 6.30. The molecule has 0 saturated carbocycles. The number of rotatable bonds is 8. The van der Waals surface area contributed by atoms with Crippen molar-refractivity contribution in [1.82, 2.24) is 15.1 Å². The lowest BCUT2D eigenvalue weighted by Gasteiger charge is -2.23. The first-order valence-electron chi connectivity index (χ1n) is 11.4. The van der Waals surface area contributed by atoms with Gasteiger partial charge in [0, 0.05) is 11.6 Å². The molecule has 1 aliphatic rings. The zero-order valence-electron chi connectivity index (χ0n) is 19.1. The van der Waals surface area contributed by atoms with Crippen LogP contribution in [-0.4, -0.2) is 39.6 Å². The van der Waals surface area contributed by atoms with Gasteiger partial charge in [0.15, 0.2) is 6.04 Å². The van der Waals surface area contributed by atoms with Gasteiger partial charge in [-0.2, -0.15) is 5.10 Å². The van der Waals surface area contributed by atoms with E-state index >= 15 is 0 Å². The minimum atomic E-state index is -1.17. The minimum absolute atomic E-state index is 0.0891. The van der Waals surface area contributed by atoms with Crippen molar-refractivity contribution in [2.24, 2.45) is 0 Å². The lowest BCUT2D eigenvalue weighted by molar-refractivity contribution is -0.140. The molecular formula is C26H29N3O4. The molecule has 2 N–H and O–H groups in total. The van der Waals surface area contributed by atoms with E-state index in [-0.39, 0.29) is 12.5 Å². The number of carbonyl (C=O) groups is 2. The summed E-state index contributed by atoms with van der Waals surface area (Å²) in [5.74, 6) is -1.22. The second-order valence-corrected chi connectivity index (χ2v) is 8.31. The van der Waals surface area contributed by atoms with E-state index in [1.54, 1.807) is 11.6 Å². The number of aliphatic carboxylic acids is 1. The largest absolute Gasteiger partial charge is 0.480 e. The maximum Gasteiger partial charge on any atom is 0.407 e. The molecule has 0 radical (unpaired) electrons. The van der Waals surface area contributed by atoms with Crippen molar-refractivity contribution < 1.29 is 19.4 Å². The van der Waals surface area contributed by atoms with E-state index in [4.69, 9.17) is 4.74 Å². The molecule has 2 aromatic carbocycles. The van der Waals surface area contributed by atoms with Crippen molar-refractivity contribution in [2.75, 3.05) is 6.61 Å². The molecule has 1 aromatic heterocycles. The van der Waals surface area contributed by atoms with Crippen LogP contribution in [0.2, 0.25) is 0 Å². The molecule has 1 heterocycles. The van der Waals surface area contributed by atoms with Gasteiger partial charge in [0.1, 0.15) is 6.61 Å². The summed E-state index contributed by atoms with van der Waals surface area (Å²) < 4.78 is 7.24. The first kappa shape index (κ1) is 22.6. The number of benzene rings is 2. The fraction of sp³-hybridized carbons (Fsp3) is 0.346. The van der Waals surface area contributed by atoms with E-state index in [0.29, 0.717) is 6.42 Å². The zero-order valence-corrected chi connectivity index (χ0v) is 19.1. The van der Waals surface area contributed by atoms with E-state index in [2.05, 4.69) is 22.5 Å². The van der Waals surface area contributed by atoms with Crippen molar-refractivity contribution >= 4 is 12.1 Å². The number of carbonyl (C=O) groups excluding carboxylic acids is 1. The summed E-state index contributed by atoms with van der Waals surface area (Å²) in [4.78, 5) is 24.7. The Bertz CT molecular complexity index is 1120. The second-order valence-electron chi connectivity index (χ2n) is 8.31. The molecule has 3 aromatic rings. The Kier molecular flexibility index (Phi) is 6.49. The standard InChI is InChI=1S/C26H29N3O4/c1-4-17-14-18(5-2)29(28-17)16(3)24(25(30)31)27-26(32)33-15-23-21-12-8-6-10-19(21)20-11-7-9-13-22(20)23/h6-14,16,23-24H,4-5,15H2,1-3H3,(H,27,32)(H,30,31). The first-order valence-corrected chi connectivity index (χ1v) is 11.4. The molecule has 7 heteroatoms. The van der Waals surface area contributed by atoms with Gasteiger partial charge in [-0.3, -0.25) is 4.68 Å².